The highest BCUT2D eigenvalue weighted by Gasteiger charge is 2.39. The van der Waals surface area contributed by atoms with E-state index in [2.05, 4.69) is 0 Å². The number of hydrogen-bond donors (Lipinski definition) is 1. The molecule has 1 amide bonds. The number of carbonyl (C=O) groups excluding carboxylic acids is 1. The van der Waals surface area contributed by atoms with Crippen molar-refractivity contribution in [1.82, 2.24) is 4.90 Å². The smallest absolute Gasteiger partial charge is 0.326 e. The van der Waals surface area contributed by atoms with Crippen LogP contribution in [0.1, 0.15) is 18.9 Å². The van der Waals surface area contributed by atoms with Gasteiger partial charge in [-0.1, -0.05) is 43.0 Å². The second-order valence-electron chi connectivity index (χ2n) is 4.37. The number of nitrogens with zero attached hydrogens (tertiary/aromatic N) is 1. The summed E-state index contributed by atoms with van der Waals surface area (Å²) in [5, 5.41) is 9.15. The second-order valence-corrected chi connectivity index (χ2v) is 6.04. The van der Waals surface area contributed by atoms with Gasteiger partial charge in [-0.25, -0.2) is 9.18 Å². The van der Waals surface area contributed by atoms with Gasteiger partial charge >= 0.3 is 5.97 Å². The molecule has 1 aromatic carbocycles. The first kappa shape index (κ1) is 15.7. The summed E-state index contributed by atoms with van der Waals surface area (Å²) in [4.78, 5) is 24.9. The van der Waals surface area contributed by atoms with Crippen LogP contribution in [0.5, 0.6) is 0 Å². The summed E-state index contributed by atoms with van der Waals surface area (Å²) in [5.41, 5.74) is 0.527. The minimum atomic E-state index is -1.10. The zero-order chi connectivity index (χ0) is 15.6. The Bertz CT molecular complexity index is 645. The van der Waals surface area contributed by atoms with Crippen molar-refractivity contribution in [1.29, 1.82) is 0 Å². The third-order valence-electron chi connectivity index (χ3n) is 2.95. The van der Waals surface area contributed by atoms with Crippen LogP contribution >= 0.6 is 24.0 Å². The van der Waals surface area contributed by atoms with Gasteiger partial charge in [0.05, 0.1) is 4.91 Å². The molecular weight excluding hydrogens is 313 g/mol. The first-order chi connectivity index (χ1) is 9.93. The number of carboxylic acids is 1. The fraction of sp³-hybridized carbons (Fsp3) is 0.214. The Morgan fingerprint density at radius 3 is 2.86 bits per heavy atom. The zero-order valence-electron chi connectivity index (χ0n) is 11.1. The lowest BCUT2D eigenvalue weighted by atomic mass is 10.1. The molecule has 0 unspecified atom stereocenters. The zero-order valence-corrected chi connectivity index (χ0v) is 12.7. The lowest BCUT2D eigenvalue weighted by molar-refractivity contribution is -0.145. The Balaban J connectivity index is 2.31. The van der Waals surface area contributed by atoms with Gasteiger partial charge in [-0.2, -0.15) is 0 Å². The summed E-state index contributed by atoms with van der Waals surface area (Å²) in [6, 6.07) is 4.81. The standard InChI is InChI=1S/C14H12FNO3S2/c1-2-10(13(18)19)16-12(17)11(21-14(16)20)7-8-4-3-5-9(15)6-8/h3-7,10H,2H2,1H3,(H,18,19)/b11-7-/t10-/m0/s1. The molecule has 1 atom stereocenters. The lowest BCUT2D eigenvalue weighted by Crippen LogP contribution is -2.43. The molecule has 1 aliphatic heterocycles. The van der Waals surface area contributed by atoms with E-state index >= 15 is 0 Å². The number of halogens is 1. The second kappa shape index (κ2) is 6.36. The predicted octanol–water partition coefficient (Wildman–Crippen LogP) is 2.89. The fourth-order valence-electron chi connectivity index (χ4n) is 1.96. The van der Waals surface area contributed by atoms with E-state index in [1.807, 2.05) is 0 Å². The maximum absolute atomic E-state index is 13.1. The Kier molecular flexibility index (Phi) is 4.74. The van der Waals surface area contributed by atoms with E-state index in [1.54, 1.807) is 13.0 Å². The molecule has 0 saturated carbocycles. The van der Waals surface area contributed by atoms with Gasteiger partial charge in [-0.15, -0.1) is 0 Å². The Hall–Kier alpha value is -1.73. The Morgan fingerprint density at radius 2 is 2.29 bits per heavy atom. The number of benzene rings is 1. The molecule has 1 N–H and O–H groups in total. The van der Waals surface area contributed by atoms with E-state index in [1.165, 1.54) is 24.3 Å². The molecule has 1 aliphatic rings. The quantitative estimate of drug-likeness (QED) is 0.681. The SMILES string of the molecule is CC[C@@H](C(=O)O)N1C(=O)/C(=C/c2cccc(F)c2)SC1=S. The van der Waals surface area contributed by atoms with Gasteiger partial charge in [0, 0.05) is 0 Å². The minimum absolute atomic E-state index is 0.205. The summed E-state index contributed by atoms with van der Waals surface area (Å²) in [5.74, 6) is -1.96. The molecule has 1 saturated heterocycles. The molecule has 0 bridgehead atoms. The molecule has 1 fully saturated rings. The number of hydrogen-bond acceptors (Lipinski definition) is 4. The molecule has 2 rings (SSSR count). The number of carbonyl (C=O) groups is 2. The monoisotopic (exact) mass is 325 g/mol. The van der Waals surface area contributed by atoms with Crippen LogP contribution in [0.4, 0.5) is 4.39 Å². The molecule has 0 spiro atoms. The van der Waals surface area contributed by atoms with Crippen LogP contribution in [-0.2, 0) is 9.59 Å². The van der Waals surface area contributed by atoms with Gasteiger partial charge in [-0.05, 0) is 30.2 Å². The molecule has 7 heteroatoms. The normalized spacial score (nSPS) is 18.4. The third-order valence-corrected chi connectivity index (χ3v) is 4.28. The maximum Gasteiger partial charge on any atom is 0.326 e. The number of thiocarbonyl (C=S) groups is 1. The van der Waals surface area contributed by atoms with E-state index in [0.29, 0.717) is 10.5 Å². The van der Waals surface area contributed by atoms with E-state index in [-0.39, 0.29) is 10.7 Å². The van der Waals surface area contributed by atoms with Crippen molar-refractivity contribution in [2.75, 3.05) is 0 Å². The third kappa shape index (κ3) is 3.30. The fourth-order valence-corrected chi connectivity index (χ4v) is 3.32. The van der Waals surface area contributed by atoms with E-state index < -0.39 is 23.7 Å². The van der Waals surface area contributed by atoms with Crippen LogP contribution in [0, 0.1) is 5.82 Å². The molecule has 0 aromatic heterocycles. The van der Waals surface area contributed by atoms with Crippen LogP contribution in [0.3, 0.4) is 0 Å². The van der Waals surface area contributed by atoms with Crippen LogP contribution in [0.2, 0.25) is 0 Å². The summed E-state index contributed by atoms with van der Waals surface area (Å²) in [6.45, 7) is 1.67. The highest BCUT2D eigenvalue weighted by atomic mass is 32.2. The number of rotatable bonds is 4. The van der Waals surface area contributed by atoms with Gasteiger partial charge in [0.2, 0.25) is 0 Å². The van der Waals surface area contributed by atoms with Crippen molar-refractivity contribution in [2.24, 2.45) is 0 Å². The Labute approximate surface area is 130 Å². The van der Waals surface area contributed by atoms with E-state index in [9.17, 15) is 14.0 Å². The average Bonchev–Trinajstić information content (AvgIpc) is 2.67. The molecule has 1 heterocycles. The number of amides is 1. The molecule has 0 aliphatic carbocycles. The van der Waals surface area contributed by atoms with Gasteiger partial charge in [0.15, 0.2) is 0 Å². The molecular formula is C14H12FNO3S2. The van der Waals surface area contributed by atoms with Crippen molar-refractivity contribution in [3.8, 4) is 0 Å². The van der Waals surface area contributed by atoms with E-state index in [0.717, 1.165) is 16.7 Å². The van der Waals surface area contributed by atoms with Gasteiger partial charge in [-0.3, -0.25) is 9.69 Å². The van der Waals surface area contributed by atoms with E-state index in [4.69, 9.17) is 17.3 Å². The minimum Gasteiger partial charge on any atom is -0.480 e. The van der Waals surface area contributed by atoms with Crippen molar-refractivity contribution >= 4 is 46.3 Å². The topological polar surface area (TPSA) is 57.6 Å². The van der Waals surface area contributed by atoms with Crippen molar-refractivity contribution < 1.29 is 19.1 Å². The number of thioether (sulfide) groups is 1. The van der Waals surface area contributed by atoms with Crippen LogP contribution < -0.4 is 0 Å². The molecule has 4 nitrogen and oxygen atoms in total. The van der Waals surface area contributed by atoms with Crippen LogP contribution in [0.15, 0.2) is 29.2 Å². The molecule has 110 valence electrons. The van der Waals surface area contributed by atoms with Gasteiger partial charge in [0.25, 0.3) is 5.91 Å². The molecule has 21 heavy (non-hydrogen) atoms. The maximum atomic E-state index is 13.1. The summed E-state index contributed by atoms with van der Waals surface area (Å²) in [6.07, 6.45) is 1.77. The van der Waals surface area contributed by atoms with Crippen LogP contribution in [0.25, 0.3) is 6.08 Å². The first-order valence-electron chi connectivity index (χ1n) is 6.19. The molecule has 1 aromatic rings. The average molecular weight is 325 g/mol. The van der Waals surface area contributed by atoms with Gasteiger partial charge in [0.1, 0.15) is 16.2 Å². The summed E-state index contributed by atoms with van der Waals surface area (Å²) in [7, 11) is 0. The predicted molar refractivity (Wildman–Crippen MR) is 83.1 cm³/mol. The van der Waals surface area contributed by atoms with Crippen molar-refractivity contribution in [3.05, 3.63) is 40.6 Å². The number of carboxylic acid groups (broad SMARTS) is 1. The highest BCUT2D eigenvalue weighted by Crippen LogP contribution is 2.34. The first-order valence-corrected chi connectivity index (χ1v) is 7.42. The highest BCUT2D eigenvalue weighted by molar-refractivity contribution is 8.26. The van der Waals surface area contributed by atoms with Crippen LogP contribution in [-0.4, -0.2) is 32.2 Å². The lowest BCUT2D eigenvalue weighted by Gasteiger charge is -2.21. The van der Waals surface area contributed by atoms with Crippen molar-refractivity contribution in [3.63, 3.8) is 0 Å². The summed E-state index contributed by atoms with van der Waals surface area (Å²) >= 11 is 6.11. The van der Waals surface area contributed by atoms with Crippen molar-refractivity contribution in [2.45, 2.75) is 19.4 Å². The largest absolute Gasteiger partial charge is 0.480 e. The van der Waals surface area contributed by atoms with Gasteiger partial charge < -0.3 is 5.11 Å². The summed E-state index contributed by atoms with van der Waals surface area (Å²) < 4.78 is 13.4. The number of aliphatic carboxylic acids is 1. The molecule has 0 radical (unpaired) electrons. The Morgan fingerprint density at radius 1 is 1.57 bits per heavy atom.